The Morgan fingerprint density at radius 1 is 1.29 bits per heavy atom. The van der Waals surface area contributed by atoms with E-state index in [1.54, 1.807) is 0 Å². The van der Waals surface area contributed by atoms with Crippen LogP contribution in [0.3, 0.4) is 0 Å². The van der Waals surface area contributed by atoms with Crippen molar-refractivity contribution in [1.82, 2.24) is 5.32 Å². The van der Waals surface area contributed by atoms with E-state index in [0.29, 0.717) is 19.3 Å². The molecule has 0 radical (unpaired) electrons. The topological polar surface area (TPSA) is 50.7 Å². The molecule has 1 spiro atoms. The minimum Gasteiger partial charge on any atom is -0.396 e. The van der Waals surface area contributed by atoms with Crippen molar-refractivity contribution >= 4 is 0 Å². The molecule has 21 heavy (non-hydrogen) atoms. The predicted molar refractivity (Wildman–Crippen MR) is 80.8 cm³/mol. The summed E-state index contributed by atoms with van der Waals surface area (Å²) in [5.41, 5.74) is 1.28. The highest BCUT2D eigenvalue weighted by atomic mass is 16.7. The lowest BCUT2D eigenvalue weighted by atomic mass is 9.80. The minimum atomic E-state index is -0.429. The molecule has 2 fully saturated rings. The SMILES string of the molecule is CC(NC1CCC2(CC1CO)OCCO2)c1ccccc1. The Hall–Kier alpha value is -0.940. The van der Waals surface area contributed by atoms with Crippen LogP contribution in [0.4, 0.5) is 0 Å². The zero-order chi connectivity index (χ0) is 14.7. The lowest BCUT2D eigenvalue weighted by molar-refractivity contribution is -0.194. The molecule has 1 saturated heterocycles. The molecule has 0 aromatic heterocycles. The summed E-state index contributed by atoms with van der Waals surface area (Å²) in [6.07, 6.45) is 2.66. The van der Waals surface area contributed by atoms with Crippen molar-refractivity contribution in [2.75, 3.05) is 19.8 Å². The van der Waals surface area contributed by atoms with Gasteiger partial charge in [0, 0.05) is 37.5 Å². The predicted octanol–water partition coefficient (Wildman–Crippen LogP) is 2.24. The highest BCUT2D eigenvalue weighted by Gasteiger charge is 2.45. The first-order chi connectivity index (χ1) is 10.2. The van der Waals surface area contributed by atoms with Crippen molar-refractivity contribution < 1.29 is 14.6 Å². The van der Waals surface area contributed by atoms with Gasteiger partial charge in [0.1, 0.15) is 0 Å². The molecule has 1 aliphatic carbocycles. The molecular weight excluding hydrogens is 266 g/mol. The van der Waals surface area contributed by atoms with E-state index in [0.717, 1.165) is 19.3 Å². The Morgan fingerprint density at radius 3 is 2.67 bits per heavy atom. The molecule has 1 saturated carbocycles. The maximum Gasteiger partial charge on any atom is 0.168 e. The molecule has 3 unspecified atom stereocenters. The fourth-order valence-electron chi connectivity index (χ4n) is 3.58. The molecule has 1 aromatic carbocycles. The number of hydrogen-bond acceptors (Lipinski definition) is 4. The molecule has 0 amide bonds. The number of nitrogens with one attached hydrogen (secondary N) is 1. The monoisotopic (exact) mass is 291 g/mol. The molecule has 116 valence electrons. The maximum atomic E-state index is 9.74. The average Bonchev–Trinajstić information content (AvgIpc) is 2.98. The molecule has 1 aromatic rings. The first-order valence-electron chi connectivity index (χ1n) is 7.92. The lowest BCUT2D eigenvalue weighted by Crippen LogP contribution is -2.49. The van der Waals surface area contributed by atoms with Gasteiger partial charge in [0.2, 0.25) is 0 Å². The molecule has 2 aliphatic rings. The summed E-state index contributed by atoms with van der Waals surface area (Å²) in [4.78, 5) is 0. The van der Waals surface area contributed by atoms with Gasteiger partial charge in [0.15, 0.2) is 5.79 Å². The third kappa shape index (κ3) is 3.29. The van der Waals surface area contributed by atoms with Crippen molar-refractivity contribution in [3.8, 4) is 0 Å². The van der Waals surface area contributed by atoms with Crippen LogP contribution in [0.2, 0.25) is 0 Å². The largest absolute Gasteiger partial charge is 0.396 e. The van der Waals surface area contributed by atoms with Gasteiger partial charge in [0.05, 0.1) is 13.2 Å². The third-order valence-electron chi connectivity index (χ3n) is 4.79. The van der Waals surface area contributed by atoms with E-state index < -0.39 is 5.79 Å². The molecule has 1 heterocycles. The fraction of sp³-hybridized carbons (Fsp3) is 0.647. The lowest BCUT2D eigenvalue weighted by Gasteiger charge is -2.41. The normalized spacial score (nSPS) is 29.6. The number of aliphatic hydroxyl groups is 1. The second-order valence-corrected chi connectivity index (χ2v) is 6.20. The van der Waals surface area contributed by atoms with Gasteiger partial charge in [0.25, 0.3) is 0 Å². The molecule has 3 rings (SSSR count). The van der Waals surface area contributed by atoms with Crippen LogP contribution in [-0.4, -0.2) is 36.8 Å². The summed E-state index contributed by atoms with van der Waals surface area (Å²) in [6.45, 7) is 3.71. The first-order valence-corrected chi connectivity index (χ1v) is 7.92. The van der Waals surface area contributed by atoms with Gasteiger partial charge < -0.3 is 19.9 Å². The van der Waals surface area contributed by atoms with Crippen LogP contribution in [0.15, 0.2) is 30.3 Å². The van der Waals surface area contributed by atoms with Gasteiger partial charge >= 0.3 is 0 Å². The van der Waals surface area contributed by atoms with E-state index in [1.165, 1.54) is 5.56 Å². The van der Waals surface area contributed by atoms with E-state index in [4.69, 9.17) is 9.47 Å². The first kappa shape index (κ1) is 15.0. The van der Waals surface area contributed by atoms with Gasteiger partial charge in [-0.2, -0.15) is 0 Å². The van der Waals surface area contributed by atoms with Crippen LogP contribution in [0.5, 0.6) is 0 Å². The van der Waals surface area contributed by atoms with Crippen molar-refractivity contribution in [2.45, 2.75) is 44.1 Å². The Kier molecular flexibility index (Phi) is 4.60. The molecular formula is C17H25NO3. The van der Waals surface area contributed by atoms with E-state index in [9.17, 15) is 5.11 Å². The second-order valence-electron chi connectivity index (χ2n) is 6.20. The molecule has 4 heteroatoms. The standard InChI is InChI=1S/C17H25NO3/c1-13(14-5-3-2-4-6-14)18-16-7-8-17(11-15(16)12-19)20-9-10-21-17/h2-6,13,15-16,18-19H,7-12H2,1H3. The number of rotatable bonds is 4. The van der Waals surface area contributed by atoms with E-state index in [1.807, 2.05) is 6.07 Å². The summed E-state index contributed by atoms with van der Waals surface area (Å²) in [5.74, 6) is -0.246. The quantitative estimate of drug-likeness (QED) is 0.893. The minimum absolute atomic E-state index is 0.174. The summed E-state index contributed by atoms with van der Waals surface area (Å²) in [7, 11) is 0. The fourth-order valence-corrected chi connectivity index (χ4v) is 3.58. The van der Waals surface area contributed by atoms with E-state index in [-0.39, 0.29) is 18.6 Å². The highest BCUT2D eigenvalue weighted by Crippen LogP contribution is 2.39. The van der Waals surface area contributed by atoms with Gasteiger partial charge in [-0.15, -0.1) is 0 Å². The zero-order valence-corrected chi connectivity index (χ0v) is 12.6. The Bertz CT molecular complexity index is 445. The van der Waals surface area contributed by atoms with Gasteiger partial charge in [-0.25, -0.2) is 0 Å². The number of benzene rings is 1. The van der Waals surface area contributed by atoms with Crippen molar-refractivity contribution in [1.29, 1.82) is 0 Å². The molecule has 3 atom stereocenters. The van der Waals surface area contributed by atoms with Crippen LogP contribution in [0.1, 0.15) is 37.8 Å². The maximum absolute atomic E-state index is 9.74. The van der Waals surface area contributed by atoms with Crippen LogP contribution in [0, 0.1) is 5.92 Å². The second kappa shape index (κ2) is 6.44. The van der Waals surface area contributed by atoms with Gasteiger partial charge in [-0.3, -0.25) is 0 Å². The smallest absolute Gasteiger partial charge is 0.168 e. The van der Waals surface area contributed by atoms with Crippen LogP contribution in [-0.2, 0) is 9.47 Å². The molecule has 4 nitrogen and oxygen atoms in total. The van der Waals surface area contributed by atoms with E-state index in [2.05, 4.69) is 36.5 Å². The summed E-state index contributed by atoms with van der Waals surface area (Å²) < 4.78 is 11.6. The number of ether oxygens (including phenoxy) is 2. The Balaban J connectivity index is 1.63. The summed E-state index contributed by atoms with van der Waals surface area (Å²) in [5, 5.41) is 13.4. The third-order valence-corrected chi connectivity index (χ3v) is 4.79. The summed E-state index contributed by atoms with van der Waals surface area (Å²) >= 11 is 0. The number of aliphatic hydroxyl groups excluding tert-OH is 1. The summed E-state index contributed by atoms with van der Waals surface area (Å²) in [6, 6.07) is 11.0. The highest BCUT2D eigenvalue weighted by molar-refractivity contribution is 5.18. The van der Waals surface area contributed by atoms with Crippen LogP contribution < -0.4 is 5.32 Å². The molecule has 0 bridgehead atoms. The van der Waals surface area contributed by atoms with E-state index >= 15 is 0 Å². The van der Waals surface area contributed by atoms with Crippen molar-refractivity contribution in [3.05, 3.63) is 35.9 Å². The van der Waals surface area contributed by atoms with Crippen molar-refractivity contribution in [3.63, 3.8) is 0 Å². The van der Waals surface area contributed by atoms with Gasteiger partial charge in [-0.1, -0.05) is 30.3 Å². The average molecular weight is 291 g/mol. The number of hydrogen-bond donors (Lipinski definition) is 2. The van der Waals surface area contributed by atoms with Crippen LogP contribution >= 0.6 is 0 Å². The Morgan fingerprint density at radius 2 is 2.00 bits per heavy atom. The van der Waals surface area contributed by atoms with Crippen LogP contribution in [0.25, 0.3) is 0 Å². The molecule has 2 N–H and O–H groups in total. The van der Waals surface area contributed by atoms with Crippen molar-refractivity contribution in [2.24, 2.45) is 5.92 Å². The zero-order valence-electron chi connectivity index (χ0n) is 12.6. The Labute approximate surface area is 126 Å². The molecule has 1 aliphatic heterocycles. The van der Waals surface area contributed by atoms with Gasteiger partial charge in [-0.05, 0) is 18.9 Å².